The summed E-state index contributed by atoms with van der Waals surface area (Å²) in [6.45, 7) is 7.50. The zero-order valence-corrected chi connectivity index (χ0v) is 15.0. The molecule has 0 aromatic carbocycles. The molecule has 4 heteroatoms. The van der Waals surface area contributed by atoms with Crippen molar-refractivity contribution in [2.24, 2.45) is 0 Å². The Kier molecular flexibility index (Phi) is 12.9. The van der Waals surface area contributed by atoms with Crippen LogP contribution in [-0.4, -0.2) is 24.0 Å². The summed E-state index contributed by atoms with van der Waals surface area (Å²) < 4.78 is 5.06. The molecule has 130 valence electrons. The maximum atomic E-state index is 11.7. The molecule has 0 bridgehead atoms. The molecule has 0 fully saturated rings. The van der Waals surface area contributed by atoms with Gasteiger partial charge in [-0.05, 0) is 27.2 Å². The minimum atomic E-state index is -0.562. The Morgan fingerprint density at radius 2 is 1.36 bits per heavy atom. The van der Waals surface area contributed by atoms with E-state index in [1.165, 1.54) is 44.9 Å². The number of ether oxygens (including phenoxy) is 1. The highest BCUT2D eigenvalue weighted by atomic mass is 16.5. The van der Waals surface area contributed by atoms with Crippen molar-refractivity contribution < 1.29 is 14.3 Å². The SMILES string of the molecule is CCCCCCCCCCCC(=O)N[C@@H](C)C(=O)OC(C)C. The predicted molar refractivity (Wildman–Crippen MR) is 90.7 cm³/mol. The quantitative estimate of drug-likeness (QED) is 0.406. The van der Waals surface area contributed by atoms with Crippen LogP contribution in [0.2, 0.25) is 0 Å². The van der Waals surface area contributed by atoms with Gasteiger partial charge in [-0.15, -0.1) is 0 Å². The van der Waals surface area contributed by atoms with Crippen molar-refractivity contribution in [3.8, 4) is 0 Å². The molecule has 0 radical (unpaired) electrons. The smallest absolute Gasteiger partial charge is 0.328 e. The first-order valence-corrected chi connectivity index (χ1v) is 8.97. The maximum Gasteiger partial charge on any atom is 0.328 e. The van der Waals surface area contributed by atoms with E-state index in [2.05, 4.69) is 12.2 Å². The van der Waals surface area contributed by atoms with Crippen molar-refractivity contribution in [3.63, 3.8) is 0 Å². The van der Waals surface area contributed by atoms with Crippen LogP contribution in [0, 0.1) is 0 Å². The summed E-state index contributed by atoms with van der Waals surface area (Å²) in [4.78, 5) is 23.3. The molecule has 0 aromatic heterocycles. The van der Waals surface area contributed by atoms with Crippen molar-refractivity contribution >= 4 is 11.9 Å². The third kappa shape index (κ3) is 12.7. The number of nitrogens with one attached hydrogen (secondary N) is 1. The normalized spacial score (nSPS) is 12.2. The number of carbonyl (C=O) groups is 2. The van der Waals surface area contributed by atoms with E-state index >= 15 is 0 Å². The molecule has 0 unspecified atom stereocenters. The number of hydrogen-bond acceptors (Lipinski definition) is 3. The van der Waals surface area contributed by atoms with Gasteiger partial charge in [0.1, 0.15) is 6.04 Å². The molecule has 0 heterocycles. The van der Waals surface area contributed by atoms with Crippen LogP contribution < -0.4 is 5.32 Å². The molecule has 22 heavy (non-hydrogen) atoms. The summed E-state index contributed by atoms with van der Waals surface area (Å²) in [6, 6.07) is -0.562. The van der Waals surface area contributed by atoms with Crippen molar-refractivity contribution in [1.29, 1.82) is 0 Å². The fourth-order valence-corrected chi connectivity index (χ4v) is 2.30. The highest BCUT2D eigenvalue weighted by Gasteiger charge is 2.17. The van der Waals surface area contributed by atoms with Crippen LogP contribution in [0.3, 0.4) is 0 Å². The van der Waals surface area contributed by atoms with Gasteiger partial charge in [0.15, 0.2) is 0 Å². The Morgan fingerprint density at radius 3 is 1.86 bits per heavy atom. The molecule has 0 saturated carbocycles. The molecule has 0 aliphatic carbocycles. The van der Waals surface area contributed by atoms with Gasteiger partial charge in [-0.3, -0.25) is 4.79 Å². The molecule has 0 spiro atoms. The summed E-state index contributed by atoms with van der Waals surface area (Å²) >= 11 is 0. The molecule has 0 rings (SSSR count). The largest absolute Gasteiger partial charge is 0.461 e. The zero-order chi connectivity index (χ0) is 16.8. The van der Waals surface area contributed by atoms with Crippen molar-refractivity contribution in [3.05, 3.63) is 0 Å². The summed E-state index contributed by atoms with van der Waals surface area (Å²) in [6.07, 6.45) is 11.4. The Bertz CT molecular complexity index is 303. The third-order valence-corrected chi connectivity index (χ3v) is 3.59. The van der Waals surface area contributed by atoms with Crippen LogP contribution >= 0.6 is 0 Å². The first-order chi connectivity index (χ1) is 10.5. The minimum Gasteiger partial charge on any atom is -0.461 e. The lowest BCUT2D eigenvalue weighted by Gasteiger charge is -2.15. The van der Waals surface area contributed by atoms with Gasteiger partial charge in [-0.1, -0.05) is 58.3 Å². The second-order valence-corrected chi connectivity index (χ2v) is 6.35. The lowest BCUT2D eigenvalue weighted by Crippen LogP contribution is -2.40. The van der Waals surface area contributed by atoms with Crippen LogP contribution in [-0.2, 0) is 14.3 Å². The van der Waals surface area contributed by atoms with Crippen LogP contribution in [0.1, 0.15) is 91.9 Å². The average Bonchev–Trinajstić information content (AvgIpc) is 2.44. The van der Waals surface area contributed by atoms with Gasteiger partial charge in [0.05, 0.1) is 6.10 Å². The van der Waals surface area contributed by atoms with E-state index in [-0.39, 0.29) is 18.0 Å². The molecule has 0 aromatic rings. The fourth-order valence-electron chi connectivity index (χ4n) is 2.30. The highest BCUT2D eigenvalue weighted by Crippen LogP contribution is 2.10. The summed E-state index contributed by atoms with van der Waals surface area (Å²) in [7, 11) is 0. The lowest BCUT2D eigenvalue weighted by molar-refractivity contribution is -0.150. The van der Waals surface area contributed by atoms with E-state index < -0.39 is 6.04 Å². The molecular formula is C18H35NO3. The van der Waals surface area contributed by atoms with E-state index in [0.29, 0.717) is 6.42 Å². The number of hydrogen-bond donors (Lipinski definition) is 1. The Balaban J connectivity index is 3.51. The van der Waals surface area contributed by atoms with Crippen molar-refractivity contribution in [2.45, 2.75) is 104 Å². The minimum absolute atomic E-state index is 0.0591. The second-order valence-electron chi connectivity index (χ2n) is 6.35. The van der Waals surface area contributed by atoms with E-state index in [1.54, 1.807) is 20.8 Å². The van der Waals surface area contributed by atoms with Gasteiger partial charge in [0.25, 0.3) is 0 Å². The summed E-state index contributed by atoms with van der Waals surface area (Å²) in [5.74, 6) is -0.424. The molecule has 4 nitrogen and oxygen atoms in total. The predicted octanol–water partition coefficient (Wildman–Crippen LogP) is 4.36. The molecular weight excluding hydrogens is 278 g/mol. The molecule has 1 amide bonds. The Hall–Kier alpha value is -1.06. The molecule has 0 aliphatic heterocycles. The Labute approximate surface area is 136 Å². The summed E-state index contributed by atoms with van der Waals surface area (Å²) in [5, 5.41) is 2.70. The molecule has 1 atom stereocenters. The van der Waals surface area contributed by atoms with Crippen molar-refractivity contribution in [1.82, 2.24) is 5.32 Å². The number of unbranched alkanes of at least 4 members (excludes halogenated alkanes) is 8. The van der Waals surface area contributed by atoms with E-state index in [9.17, 15) is 9.59 Å². The van der Waals surface area contributed by atoms with Crippen LogP contribution in [0.15, 0.2) is 0 Å². The first-order valence-electron chi connectivity index (χ1n) is 8.97. The number of rotatable bonds is 13. The Morgan fingerprint density at radius 1 is 0.864 bits per heavy atom. The zero-order valence-electron chi connectivity index (χ0n) is 15.0. The fraction of sp³-hybridized carbons (Fsp3) is 0.889. The number of amides is 1. The highest BCUT2D eigenvalue weighted by molar-refractivity contribution is 5.84. The number of esters is 1. The van der Waals surface area contributed by atoms with Gasteiger partial charge in [0, 0.05) is 6.42 Å². The molecule has 0 saturated heterocycles. The van der Waals surface area contributed by atoms with Gasteiger partial charge in [-0.25, -0.2) is 4.79 Å². The molecule has 0 aliphatic rings. The maximum absolute atomic E-state index is 11.7. The lowest BCUT2D eigenvalue weighted by atomic mass is 10.1. The van der Waals surface area contributed by atoms with E-state index in [4.69, 9.17) is 4.74 Å². The van der Waals surface area contributed by atoms with Crippen LogP contribution in [0.5, 0.6) is 0 Å². The second kappa shape index (κ2) is 13.6. The van der Waals surface area contributed by atoms with E-state index in [1.807, 2.05) is 0 Å². The topological polar surface area (TPSA) is 55.4 Å². The van der Waals surface area contributed by atoms with Crippen molar-refractivity contribution in [2.75, 3.05) is 0 Å². The van der Waals surface area contributed by atoms with E-state index in [0.717, 1.165) is 12.8 Å². The average molecular weight is 313 g/mol. The van der Waals surface area contributed by atoms with Gasteiger partial charge < -0.3 is 10.1 Å². The van der Waals surface area contributed by atoms with Crippen LogP contribution in [0.4, 0.5) is 0 Å². The first kappa shape index (κ1) is 20.9. The van der Waals surface area contributed by atoms with Gasteiger partial charge >= 0.3 is 5.97 Å². The third-order valence-electron chi connectivity index (χ3n) is 3.59. The standard InChI is InChI=1S/C18H35NO3/c1-5-6-7-8-9-10-11-12-13-14-17(20)19-16(4)18(21)22-15(2)3/h15-16H,5-14H2,1-4H3,(H,19,20)/t16-/m0/s1. The summed E-state index contributed by atoms with van der Waals surface area (Å²) in [5.41, 5.74) is 0. The van der Waals surface area contributed by atoms with Crippen LogP contribution in [0.25, 0.3) is 0 Å². The number of carbonyl (C=O) groups excluding carboxylic acids is 2. The molecule has 1 N–H and O–H groups in total. The monoisotopic (exact) mass is 313 g/mol. The van der Waals surface area contributed by atoms with Gasteiger partial charge in [0.2, 0.25) is 5.91 Å². The van der Waals surface area contributed by atoms with Gasteiger partial charge in [-0.2, -0.15) is 0 Å².